The second-order valence-electron chi connectivity index (χ2n) is 4.82. The number of aliphatic imine (C=N–C) groups is 1. The van der Waals surface area contributed by atoms with Gasteiger partial charge in [-0.05, 0) is 54.8 Å². The van der Waals surface area contributed by atoms with Gasteiger partial charge in [0, 0.05) is 5.75 Å². The number of amidine groups is 1. The molecule has 21 heavy (non-hydrogen) atoms. The molecule has 0 atom stereocenters. The predicted octanol–water partition coefficient (Wildman–Crippen LogP) is 4.05. The fraction of sp³-hybridized carbons (Fsp3) is 0.176. The smallest absolute Gasteiger partial charge is 0.159 e. The van der Waals surface area contributed by atoms with Gasteiger partial charge in [-0.3, -0.25) is 0 Å². The molecule has 2 aromatic carbocycles. The Labute approximate surface area is 129 Å². The van der Waals surface area contributed by atoms with Gasteiger partial charge >= 0.3 is 0 Å². The maximum atomic E-state index is 8.76. The van der Waals surface area contributed by atoms with E-state index in [0.717, 1.165) is 17.0 Å². The molecule has 0 bridgehead atoms. The van der Waals surface area contributed by atoms with E-state index in [0.29, 0.717) is 10.7 Å². The molecule has 0 unspecified atom stereocenters. The van der Waals surface area contributed by atoms with Crippen LogP contribution >= 0.6 is 11.8 Å². The molecule has 0 fully saturated rings. The Balaban J connectivity index is 2.00. The molecule has 106 valence electrons. The van der Waals surface area contributed by atoms with Crippen LogP contribution in [0, 0.1) is 25.2 Å². The molecule has 0 amide bonds. The Morgan fingerprint density at radius 1 is 1.14 bits per heavy atom. The minimum absolute atomic E-state index is 0.544. The molecule has 0 aromatic heterocycles. The van der Waals surface area contributed by atoms with Crippen molar-refractivity contribution in [1.82, 2.24) is 0 Å². The lowest BCUT2D eigenvalue weighted by Gasteiger charge is -2.04. The number of hydrogen-bond acceptors (Lipinski definition) is 3. The summed E-state index contributed by atoms with van der Waals surface area (Å²) >= 11 is 1.49. The van der Waals surface area contributed by atoms with E-state index in [-0.39, 0.29) is 0 Å². The van der Waals surface area contributed by atoms with Gasteiger partial charge in [0.15, 0.2) is 5.17 Å². The van der Waals surface area contributed by atoms with Crippen molar-refractivity contribution in [1.29, 1.82) is 5.26 Å². The summed E-state index contributed by atoms with van der Waals surface area (Å²) in [6.07, 6.45) is 0. The number of thioether (sulfide) groups is 1. The van der Waals surface area contributed by atoms with Crippen LogP contribution in [0.1, 0.15) is 22.3 Å². The number of nitrogens with zero attached hydrogens (tertiary/aromatic N) is 2. The Morgan fingerprint density at radius 2 is 1.86 bits per heavy atom. The first-order valence-electron chi connectivity index (χ1n) is 6.62. The SMILES string of the molecule is Cc1ccc(N=C(N)SCc2ccc(C#N)cc2)cc1C. The average Bonchev–Trinajstić information content (AvgIpc) is 2.49. The first kappa shape index (κ1) is 15.1. The first-order valence-corrected chi connectivity index (χ1v) is 7.60. The highest BCUT2D eigenvalue weighted by Crippen LogP contribution is 2.20. The van der Waals surface area contributed by atoms with Crippen molar-refractivity contribution in [2.75, 3.05) is 0 Å². The summed E-state index contributed by atoms with van der Waals surface area (Å²) in [5.41, 5.74) is 11.1. The zero-order chi connectivity index (χ0) is 15.2. The molecule has 2 rings (SSSR count). The van der Waals surface area contributed by atoms with Gasteiger partial charge in [0.25, 0.3) is 0 Å². The van der Waals surface area contributed by atoms with Crippen molar-refractivity contribution in [3.05, 3.63) is 64.7 Å². The van der Waals surface area contributed by atoms with Gasteiger partial charge in [-0.1, -0.05) is 30.0 Å². The third-order valence-corrected chi connectivity index (χ3v) is 4.06. The molecule has 0 heterocycles. The highest BCUT2D eigenvalue weighted by molar-refractivity contribution is 8.13. The molecule has 0 aliphatic rings. The lowest BCUT2D eigenvalue weighted by molar-refractivity contribution is 1.32. The van der Waals surface area contributed by atoms with E-state index in [1.54, 1.807) is 0 Å². The fourth-order valence-electron chi connectivity index (χ4n) is 1.79. The van der Waals surface area contributed by atoms with E-state index in [9.17, 15) is 0 Å². The van der Waals surface area contributed by atoms with Crippen LogP contribution in [0.4, 0.5) is 5.69 Å². The van der Waals surface area contributed by atoms with Crippen LogP contribution in [0.3, 0.4) is 0 Å². The van der Waals surface area contributed by atoms with Crippen LogP contribution < -0.4 is 5.73 Å². The van der Waals surface area contributed by atoms with Crippen molar-refractivity contribution < 1.29 is 0 Å². The molecule has 0 saturated carbocycles. The van der Waals surface area contributed by atoms with Crippen molar-refractivity contribution in [3.8, 4) is 6.07 Å². The highest BCUT2D eigenvalue weighted by atomic mass is 32.2. The Kier molecular flexibility index (Phi) is 5.02. The third kappa shape index (κ3) is 4.37. The zero-order valence-corrected chi connectivity index (χ0v) is 12.9. The molecule has 2 aromatic rings. The predicted molar refractivity (Wildman–Crippen MR) is 89.7 cm³/mol. The summed E-state index contributed by atoms with van der Waals surface area (Å²) in [6.45, 7) is 4.14. The third-order valence-electron chi connectivity index (χ3n) is 3.20. The average molecular weight is 295 g/mol. The van der Waals surface area contributed by atoms with Crippen LogP contribution in [0.2, 0.25) is 0 Å². The maximum Gasteiger partial charge on any atom is 0.159 e. The summed E-state index contributed by atoms with van der Waals surface area (Å²) < 4.78 is 0. The van der Waals surface area contributed by atoms with Crippen LogP contribution in [0.25, 0.3) is 0 Å². The largest absolute Gasteiger partial charge is 0.378 e. The maximum absolute atomic E-state index is 8.76. The molecule has 0 aliphatic heterocycles. The van der Waals surface area contributed by atoms with Crippen LogP contribution in [0.5, 0.6) is 0 Å². The van der Waals surface area contributed by atoms with Gasteiger partial charge in [-0.15, -0.1) is 0 Å². The van der Waals surface area contributed by atoms with Gasteiger partial charge in [0.1, 0.15) is 0 Å². The molecule has 0 spiro atoms. The van der Waals surface area contributed by atoms with Gasteiger partial charge < -0.3 is 5.73 Å². The van der Waals surface area contributed by atoms with Crippen LogP contribution in [-0.4, -0.2) is 5.17 Å². The van der Waals surface area contributed by atoms with Crippen molar-refractivity contribution >= 4 is 22.6 Å². The van der Waals surface area contributed by atoms with Gasteiger partial charge in [-0.2, -0.15) is 5.26 Å². The quantitative estimate of drug-likeness (QED) is 0.686. The summed E-state index contributed by atoms with van der Waals surface area (Å²) in [5, 5.41) is 9.30. The van der Waals surface area contributed by atoms with Gasteiger partial charge in [-0.25, -0.2) is 4.99 Å². The molecule has 0 radical (unpaired) electrons. The van der Waals surface area contributed by atoms with Crippen molar-refractivity contribution in [3.63, 3.8) is 0 Å². The Morgan fingerprint density at radius 3 is 2.48 bits per heavy atom. The minimum Gasteiger partial charge on any atom is -0.378 e. The molecule has 3 nitrogen and oxygen atoms in total. The summed E-state index contributed by atoms with van der Waals surface area (Å²) in [5.74, 6) is 0.742. The summed E-state index contributed by atoms with van der Waals surface area (Å²) in [4.78, 5) is 4.41. The van der Waals surface area contributed by atoms with Crippen molar-refractivity contribution in [2.24, 2.45) is 10.7 Å². The Bertz CT molecular complexity index is 697. The monoisotopic (exact) mass is 295 g/mol. The number of benzene rings is 2. The number of nitrogens with two attached hydrogens (primary N) is 1. The van der Waals surface area contributed by atoms with Gasteiger partial charge in [0.2, 0.25) is 0 Å². The molecule has 0 saturated heterocycles. The number of nitriles is 1. The van der Waals surface area contributed by atoms with E-state index in [2.05, 4.69) is 24.9 Å². The Hall–Kier alpha value is -2.25. The fourth-order valence-corrected chi connectivity index (χ4v) is 2.46. The normalized spacial score (nSPS) is 11.2. The first-order chi connectivity index (χ1) is 10.1. The van der Waals surface area contributed by atoms with E-state index in [1.807, 2.05) is 42.5 Å². The molecule has 4 heteroatoms. The van der Waals surface area contributed by atoms with Crippen LogP contribution in [0.15, 0.2) is 47.5 Å². The van der Waals surface area contributed by atoms with E-state index in [1.165, 1.54) is 22.9 Å². The minimum atomic E-state index is 0.544. The van der Waals surface area contributed by atoms with Gasteiger partial charge in [0.05, 0.1) is 17.3 Å². The summed E-state index contributed by atoms with van der Waals surface area (Å²) in [6, 6.07) is 15.7. The lowest BCUT2D eigenvalue weighted by Crippen LogP contribution is -2.06. The number of hydrogen-bond donors (Lipinski definition) is 1. The summed E-state index contributed by atoms with van der Waals surface area (Å²) in [7, 11) is 0. The second-order valence-corrected chi connectivity index (χ2v) is 5.81. The molecular weight excluding hydrogens is 278 g/mol. The van der Waals surface area contributed by atoms with Crippen molar-refractivity contribution in [2.45, 2.75) is 19.6 Å². The topological polar surface area (TPSA) is 62.2 Å². The molecular formula is C17H17N3S. The highest BCUT2D eigenvalue weighted by Gasteiger charge is 2.00. The van der Waals surface area contributed by atoms with E-state index < -0.39 is 0 Å². The lowest BCUT2D eigenvalue weighted by atomic mass is 10.1. The number of rotatable bonds is 3. The van der Waals surface area contributed by atoms with E-state index >= 15 is 0 Å². The molecule has 0 aliphatic carbocycles. The molecule has 2 N–H and O–H groups in total. The number of aryl methyl sites for hydroxylation is 2. The van der Waals surface area contributed by atoms with Crippen LogP contribution in [-0.2, 0) is 5.75 Å². The zero-order valence-electron chi connectivity index (χ0n) is 12.1. The standard InChI is InChI=1S/C17H17N3S/c1-12-3-8-16(9-13(12)2)20-17(19)21-11-15-6-4-14(10-18)5-7-15/h3-9H,11H2,1-2H3,(H2,19,20). The van der Waals surface area contributed by atoms with E-state index in [4.69, 9.17) is 11.0 Å². The second kappa shape index (κ2) is 6.96.